The number of nitrogens with one attached hydrogen (secondary N) is 1. The van der Waals surface area contributed by atoms with Gasteiger partial charge in [-0.2, -0.15) is 0 Å². The van der Waals surface area contributed by atoms with E-state index >= 15 is 0 Å². The molecular formula is C19H15Cl2FN4OS. The Hall–Kier alpha value is -2.09. The molecule has 1 N–H and O–H groups in total. The molecule has 0 unspecified atom stereocenters. The van der Waals surface area contributed by atoms with Gasteiger partial charge in [-0.15, -0.1) is 10.2 Å². The Kier molecular flexibility index (Phi) is 5.57. The fraction of sp³-hybridized carbons (Fsp3) is 0.211. The molecule has 4 rings (SSSR count). The zero-order valence-electron chi connectivity index (χ0n) is 14.5. The molecule has 0 bridgehead atoms. The predicted molar refractivity (Wildman–Crippen MR) is 110 cm³/mol. The van der Waals surface area contributed by atoms with E-state index in [-0.39, 0.29) is 23.5 Å². The maximum atomic E-state index is 14.2. The Bertz CT molecular complexity index is 1040. The van der Waals surface area contributed by atoms with E-state index in [2.05, 4.69) is 15.5 Å². The number of amides is 1. The summed E-state index contributed by atoms with van der Waals surface area (Å²) in [7, 11) is 0. The van der Waals surface area contributed by atoms with Crippen LogP contribution in [0, 0.1) is 5.82 Å². The van der Waals surface area contributed by atoms with Gasteiger partial charge in [0.25, 0.3) is 0 Å². The zero-order chi connectivity index (χ0) is 19.7. The summed E-state index contributed by atoms with van der Waals surface area (Å²) < 4.78 is 16.1. The molecule has 0 radical (unpaired) electrons. The third kappa shape index (κ3) is 4.16. The van der Waals surface area contributed by atoms with E-state index < -0.39 is 0 Å². The summed E-state index contributed by atoms with van der Waals surface area (Å²) in [6.07, 6.45) is 1.98. The summed E-state index contributed by atoms with van der Waals surface area (Å²) in [6, 6.07) is 11.6. The largest absolute Gasteiger partial charge is 0.325 e. The van der Waals surface area contributed by atoms with Crippen molar-refractivity contribution in [3.8, 4) is 11.4 Å². The van der Waals surface area contributed by atoms with Gasteiger partial charge in [-0.1, -0.05) is 47.1 Å². The lowest BCUT2D eigenvalue weighted by Crippen LogP contribution is -2.14. The highest BCUT2D eigenvalue weighted by Gasteiger charge is 2.31. The smallest absolute Gasteiger partial charge is 0.234 e. The average molecular weight is 437 g/mol. The number of carbonyl (C=O) groups is 1. The second kappa shape index (κ2) is 8.11. The molecule has 2 aromatic carbocycles. The highest BCUT2D eigenvalue weighted by Crippen LogP contribution is 2.41. The third-order valence-electron chi connectivity index (χ3n) is 4.23. The monoisotopic (exact) mass is 436 g/mol. The summed E-state index contributed by atoms with van der Waals surface area (Å²) in [6.45, 7) is 0. The van der Waals surface area contributed by atoms with Gasteiger partial charge in [0.05, 0.1) is 21.4 Å². The quantitative estimate of drug-likeness (QED) is 0.521. The van der Waals surface area contributed by atoms with Gasteiger partial charge in [-0.3, -0.25) is 9.36 Å². The van der Waals surface area contributed by atoms with Gasteiger partial charge >= 0.3 is 0 Å². The molecule has 0 aliphatic heterocycles. The molecule has 5 nitrogen and oxygen atoms in total. The van der Waals surface area contributed by atoms with Gasteiger partial charge in [0.15, 0.2) is 11.0 Å². The van der Waals surface area contributed by atoms with Crippen LogP contribution in [0.4, 0.5) is 10.1 Å². The Labute approximate surface area is 175 Å². The second-order valence-corrected chi connectivity index (χ2v) is 8.11. The topological polar surface area (TPSA) is 59.8 Å². The first-order valence-corrected chi connectivity index (χ1v) is 10.3. The third-order valence-corrected chi connectivity index (χ3v) is 5.91. The first kappa shape index (κ1) is 19.2. The molecule has 1 aliphatic carbocycles. The van der Waals surface area contributed by atoms with Crippen LogP contribution >= 0.6 is 35.0 Å². The molecule has 3 aromatic rings. The number of aromatic nitrogens is 3. The van der Waals surface area contributed by atoms with Gasteiger partial charge in [0.2, 0.25) is 5.91 Å². The SMILES string of the molecule is O=C(CSc1nnc(-c2ccccc2F)n1C1CC1)Nc1ccc(Cl)c(Cl)c1. The Morgan fingerprint density at radius 1 is 1.18 bits per heavy atom. The maximum Gasteiger partial charge on any atom is 0.234 e. The molecular weight excluding hydrogens is 422 g/mol. The number of anilines is 1. The predicted octanol–water partition coefficient (Wildman–Crippen LogP) is 5.46. The molecule has 1 aliphatic rings. The van der Waals surface area contributed by atoms with Gasteiger partial charge < -0.3 is 5.32 Å². The Morgan fingerprint density at radius 3 is 2.68 bits per heavy atom. The van der Waals surface area contributed by atoms with Crippen LogP contribution in [0.25, 0.3) is 11.4 Å². The summed E-state index contributed by atoms with van der Waals surface area (Å²) in [5, 5.41) is 12.5. The number of carbonyl (C=O) groups excluding carboxylic acids is 1. The van der Waals surface area contributed by atoms with E-state index in [4.69, 9.17) is 23.2 Å². The van der Waals surface area contributed by atoms with Crippen molar-refractivity contribution in [2.24, 2.45) is 0 Å². The Morgan fingerprint density at radius 2 is 1.96 bits per heavy atom. The van der Waals surface area contributed by atoms with Gasteiger partial charge in [-0.25, -0.2) is 4.39 Å². The van der Waals surface area contributed by atoms with Crippen molar-refractivity contribution in [2.75, 3.05) is 11.1 Å². The minimum atomic E-state index is -0.342. The van der Waals surface area contributed by atoms with Crippen molar-refractivity contribution in [3.05, 3.63) is 58.3 Å². The minimum absolute atomic E-state index is 0.141. The van der Waals surface area contributed by atoms with Crippen LogP contribution < -0.4 is 5.32 Å². The fourth-order valence-electron chi connectivity index (χ4n) is 2.76. The van der Waals surface area contributed by atoms with E-state index in [0.29, 0.717) is 32.3 Å². The fourth-order valence-corrected chi connectivity index (χ4v) is 3.87. The van der Waals surface area contributed by atoms with E-state index in [1.807, 2.05) is 4.57 Å². The molecule has 1 saturated carbocycles. The number of halogens is 3. The zero-order valence-corrected chi connectivity index (χ0v) is 16.9. The molecule has 1 fully saturated rings. The lowest BCUT2D eigenvalue weighted by atomic mass is 10.2. The minimum Gasteiger partial charge on any atom is -0.325 e. The Balaban J connectivity index is 1.48. The normalized spacial score (nSPS) is 13.5. The number of hydrogen-bond donors (Lipinski definition) is 1. The van der Waals surface area contributed by atoms with Crippen molar-refractivity contribution in [1.82, 2.24) is 14.8 Å². The van der Waals surface area contributed by atoms with Crippen LogP contribution in [0.2, 0.25) is 10.0 Å². The first-order chi connectivity index (χ1) is 13.5. The lowest BCUT2D eigenvalue weighted by Gasteiger charge is -2.10. The van der Waals surface area contributed by atoms with E-state index in [1.165, 1.54) is 17.8 Å². The summed E-state index contributed by atoms with van der Waals surface area (Å²) in [5.41, 5.74) is 0.977. The highest BCUT2D eigenvalue weighted by molar-refractivity contribution is 7.99. The van der Waals surface area contributed by atoms with Crippen molar-refractivity contribution in [2.45, 2.75) is 24.0 Å². The lowest BCUT2D eigenvalue weighted by molar-refractivity contribution is -0.113. The first-order valence-electron chi connectivity index (χ1n) is 8.60. The standard InChI is InChI=1S/C19H15Cl2FN4OS/c20-14-8-5-11(9-15(14)21)23-17(27)10-28-19-25-24-18(26(19)12-6-7-12)13-3-1-2-4-16(13)22/h1-5,8-9,12H,6-7,10H2,(H,23,27). The van der Waals surface area contributed by atoms with Gasteiger partial charge in [0.1, 0.15) is 5.82 Å². The number of thioether (sulfide) groups is 1. The molecule has 0 atom stereocenters. The van der Waals surface area contributed by atoms with E-state index in [1.54, 1.807) is 36.4 Å². The molecule has 1 amide bonds. The molecule has 0 saturated heterocycles. The van der Waals surface area contributed by atoms with Crippen molar-refractivity contribution < 1.29 is 9.18 Å². The molecule has 1 heterocycles. The van der Waals surface area contributed by atoms with Crippen molar-refractivity contribution >= 4 is 46.6 Å². The summed E-state index contributed by atoms with van der Waals surface area (Å²) in [4.78, 5) is 12.3. The summed E-state index contributed by atoms with van der Waals surface area (Å²) in [5.74, 6) is 0.0856. The number of hydrogen-bond acceptors (Lipinski definition) is 4. The van der Waals surface area contributed by atoms with Crippen molar-refractivity contribution in [3.63, 3.8) is 0 Å². The van der Waals surface area contributed by atoms with Crippen LogP contribution in [0.5, 0.6) is 0 Å². The molecule has 144 valence electrons. The second-order valence-electron chi connectivity index (χ2n) is 6.35. The van der Waals surface area contributed by atoms with E-state index in [9.17, 15) is 9.18 Å². The van der Waals surface area contributed by atoms with Crippen LogP contribution in [-0.2, 0) is 4.79 Å². The molecule has 0 spiro atoms. The molecule has 9 heteroatoms. The summed E-state index contributed by atoms with van der Waals surface area (Å²) >= 11 is 13.1. The average Bonchev–Trinajstić information content (AvgIpc) is 3.43. The van der Waals surface area contributed by atoms with Crippen LogP contribution in [0.15, 0.2) is 47.6 Å². The molecule has 28 heavy (non-hydrogen) atoms. The molecule has 1 aromatic heterocycles. The van der Waals surface area contributed by atoms with Gasteiger partial charge in [0, 0.05) is 11.7 Å². The van der Waals surface area contributed by atoms with E-state index in [0.717, 1.165) is 12.8 Å². The maximum absolute atomic E-state index is 14.2. The number of benzene rings is 2. The number of nitrogens with zero attached hydrogens (tertiary/aromatic N) is 3. The van der Waals surface area contributed by atoms with Gasteiger partial charge in [-0.05, 0) is 43.2 Å². The van der Waals surface area contributed by atoms with Crippen LogP contribution in [-0.4, -0.2) is 26.4 Å². The van der Waals surface area contributed by atoms with Crippen LogP contribution in [0.1, 0.15) is 18.9 Å². The number of rotatable bonds is 6. The highest BCUT2D eigenvalue weighted by atomic mass is 35.5. The van der Waals surface area contributed by atoms with Crippen molar-refractivity contribution in [1.29, 1.82) is 0 Å². The van der Waals surface area contributed by atoms with Crippen LogP contribution in [0.3, 0.4) is 0 Å².